The fourth-order valence-corrected chi connectivity index (χ4v) is 5.85. The number of sulfonamides is 1. The number of hydrogen-bond acceptors (Lipinski definition) is 5. The summed E-state index contributed by atoms with van der Waals surface area (Å²) in [5.41, 5.74) is 0.221. The second-order valence-corrected chi connectivity index (χ2v) is 9.66. The summed E-state index contributed by atoms with van der Waals surface area (Å²) in [5.74, 6) is -0.193. The first-order chi connectivity index (χ1) is 14.4. The number of carbonyl (C=O) groups excluding carboxylic acids is 2. The molecule has 8 nitrogen and oxygen atoms in total. The molecule has 0 aromatic heterocycles. The fourth-order valence-electron chi connectivity index (χ4n) is 4.34. The van der Waals surface area contributed by atoms with E-state index in [1.807, 2.05) is 4.90 Å². The molecule has 1 N–H and O–H groups in total. The summed E-state index contributed by atoms with van der Waals surface area (Å²) in [5, 5.41) is 2.66. The number of nitrogens with one attached hydrogen (secondary N) is 1. The zero-order valence-electron chi connectivity index (χ0n) is 17.7. The summed E-state index contributed by atoms with van der Waals surface area (Å²) >= 11 is 0. The van der Waals surface area contributed by atoms with Crippen molar-refractivity contribution in [2.75, 3.05) is 39.4 Å². The number of piperidine rings is 1. The lowest BCUT2D eigenvalue weighted by atomic mass is 9.86. The smallest absolute Gasteiger partial charge is 0.251 e. The summed E-state index contributed by atoms with van der Waals surface area (Å²) < 4.78 is 32.3. The van der Waals surface area contributed by atoms with E-state index in [9.17, 15) is 18.0 Å². The molecule has 2 fully saturated rings. The van der Waals surface area contributed by atoms with Crippen molar-refractivity contribution in [3.63, 3.8) is 0 Å². The molecular weight excluding hydrogens is 406 g/mol. The van der Waals surface area contributed by atoms with Gasteiger partial charge in [-0.2, -0.15) is 4.31 Å². The first-order valence-corrected chi connectivity index (χ1v) is 12.1. The van der Waals surface area contributed by atoms with Crippen LogP contribution in [0.4, 0.5) is 0 Å². The van der Waals surface area contributed by atoms with Crippen LogP contribution in [0.15, 0.2) is 29.2 Å². The molecule has 9 heteroatoms. The van der Waals surface area contributed by atoms with E-state index in [0.717, 1.165) is 19.3 Å². The minimum absolute atomic E-state index is 0.0752. The number of hydrogen-bond donors (Lipinski definition) is 1. The molecule has 0 bridgehead atoms. The number of nitrogens with zero attached hydrogens (tertiary/aromatic N) is 2. The Balaban J connectivity index is 1.64. The van der Waals surface area contributed by atoms with Gasteiger partial charge in [0.05, 0.1) is 18.0 Å². The van der Waals surface area contributed by atoms with E-state index >= 15 is 0 Å². The highest BCUT2D eigenvalue weighted by atomic mass is 32.2. The zero-order chi connectivity index (χ0) is 21.7. The van der Waals surface area contributed by atoms with Crippen molar-refractivity contribution in [1.82, 2.24) is 14.5 Å². The van der Waals surface area contributed by atoms with Crippen LogP contribution in [0.5, 0.6) is 0 Å². The van der Waals surface area contributed by atoms with Crippen LogP contribution < -0.4 is 5.32 Å². The van der Waals surface area contributed by atoms with Crippen molar-refractivity contribution in [2.24, 2.45) is 5.92 Å². The molecule has 0 spiro atoms. The normalized spacial score (nSPS) is 21.9. The predicted molar refractivity (Wildman–Crippen MR) is 113 cm³/mol. The molecule has 30 heavy (non-hydrogen) atoms. The zero-order valence-corrected chi connectivity index (χ0v) is 18.5. The maximum absolute atomic E-state index is 12.7. The van der Waals surface area contributed by atoms with Crippen LogP contribution in [0.1, 0.15) is 43.5 Å². The van der Waals surface area contributed by atoms with Gasteiger partial charge in [-0.25, -0.2) is 8.42 Å². The second-order valence-electron chi connectivity index (χ2n) is 7.72. The summed E-state index contributed by atoms with van der Waals surface area (Å²) in [6.45, 7) is 6.20. The van der Waals surface area contributed by atoms with Crippen LogP contribution in [0.3, 0.4) is 0 Å². The Morgan fingerprint density at radius 2 is 2.00 bits per heavy atom. The molecule has 2 atom stereocenters. The lowest BCUT2D eigenvalue weighted by Gasteiger charge is -2.43. The van der Waals surface area contributed by atoms with Gasteiger partial charge in [0.1, 0.15) is 0 Å². The topological polar surface area (TPSA) is 96.0 Å². The molecule has 1 aromatic carbocycles. The largest absolute Gasteiger partial charge is 0.381 e. The number of rotatable bonds is 7. The lowest BCUT2D eigenvalue weighted by molar-refractivity contribution is -0.139. The van der Waals surface area contributed by atoms with Gasteiger partial charge in [0.15, 0.2) is 0 Å². The van der Waals surface area contributed by atoms with Gasteiger partial charge in [-0.3, -0.25) is 9.59 Å². The van der Waals surface area contributed by atoms with E-state index in [-0.39, 0.29) is 29.0 Å². The molecule has 0 saturated carbocycles. The van der Waals surface area contributed by atoms with Crippen LogP contribution in [-0.2, 0) is 19.6 Å². The molecule has 2 heterocycles. The number of likely N-dealkylation sites (tertiary alicyclic amines) is 1. The maximum Gasteiger partial charge on any atom is 0.251 e. The highest BCUT2D eigenvalue weighted by Gasteiger charge is 2.36. The quantitative estimate of drug-likeness (QED) is 0.697. The number of benzene rings is 1. The lowest BCUT2D eigenvalue weighted by Crippen LogP contribution is -2.54. The van der Waals surface area contributed by atoms with E-state index in [2.05, 4.69) is 5.32 Å². The van der Waals surface area contributed by atoms with Crippen LogP contribution in [0.2, 0.25) is 0 Å². The Bertz CT molecular complexity index is 867. The van der Waals surface area contributed by atoms with Crippen molar-refractivity contribution in [1.29, 1.82) is 0 Å². The van der Waals surface area contributed by atoms with E-state index in [1.54, 1.807) is 26.0 Å². The van der Waals surface area contributed by atoms with Crippen LogP contribution in [0.25, 0.3) is 0 Å². The summed E-state index contributed by atoms with van der Waals surface area (Å²) in [6.07, 6.45) is 2.83. The third-order valence-corrected chi connectivity index (χ3v) is 8.01. The molecular formula is C21H31N3O5S. The van der Waals surface area contributed by atoms with Gasteiger partial charge in [0, 0.05) is 43.8 Å². The Hall–Kier alpha value is -1.97. The first-order valence-electron chi connectivity index (χ1n) is 10.6. The van der Waals surface area contributed by atoms with E-state index in [4.69, 9.17) is 4.74 Å². The molecule has 0 aliphatic carbocycles. The molecule has 2 saturated heterocycles. The van der Waals surface area contributed by atoms with Crippen LogP contribution in [0, 0.1) is 5.92 Å². The van der Waals surface area contributed by atoms with Gasteiger partial charge in [0.2, 0.25) is 15.9 Å². The van der Waals surface area contributed by atoms with Gasteiger partial charge >= 0.3 is 0 Å². The second kappa shape index (κ2) is 9.89. The molecule has 0 radical (unpaired) electrons. The molecule has 2 aliphatic rings. The molecule has 166 valence electrons. The number of ether oxygens (including phenoxy) is 1. The van der Waals surface area contributed by atoms with E-state index < -0.39 is 15.9 Å². The van der Waals surface area contributed by atoms with E-state index in [0.29, 0.717) is 38.8 Å². The summed E-state index contributed by atoms with van der Waals surface area (Å²) in [6, 6.07) is 6.12. The average Bonchev–Trinajstić information content (AvgIpc) is 2.77. The van der Waals surface area contributed by atoms with Crippen LogP contribution in [-0.4, -0.2) is 74.9 Å². The van der Waals surface area contributed by atoms with Gasteiger partial charge in [-0.1, -0.05) is 19.9 Å². The third kappa shape index (κ3) is 4.84. The Labute approximate surface area is 178 Å². The molecule has 0 unspecified atom stereocenters. The highest BCUT2D eigenvalue weighted by Crippen LogP contribution is 2.29. The van der Waals surface area contributed by atoms with Crippen molar-refractivity contribution < 1.29 is 22.7 Å². The SMILES string of the molecule is CCN(CC)S(=O)(=O)c1cccc(C(=O)NCC(=O)N2CCC[C@@H]3COCC[C@H]32)c1. The summed E-state index contributed by atoms with van der Waals surface area (Å²) in [7, 11) is -3.65. The standard InChI is InChI=1S/C21H31N3O5S/c1-3-23(4-2)30(27,28)18-9-5-7-16(13-18)21(26)22-14-20(25)24-11-6-8-17-15-29-12-10-19(17)24/h5,7,9,13,17,19H,3-4,6,8,10-12,14-15H2,1-2H3,(H,22,26)/t17-,19-/m1/s1. The molecule has 2 aliphatic heterocycles. The van der Waals surface area contributed by atoms with Gasteiger partial charge in [-0.05, 0) is 37.5 Å². The average molecular weight is 438 g/mol. The number of fused-ring (bicyclic) bond motifs is 1. The Morgan fingerprint density at radius 1 is 1.23 bits per heavy atom. The first kappa shape index (κ1) is 22.7. The Morgan fingerprint density at radius 3 is 2.73 bits per heavy atom. The minimum Gasteiger partial charge on any atom is -0.381 e. The molecule has 3 rings (SSSR count). The minimum atomic E-state index is -3.65. The number of carbonyl (C=O) groups is 2. The van der Waals surface area contributed by atoms with Crippen molar-refractivity contribution in [2.45, 2.75) is 44.0 Å². The van der Waals surface area contributed by atoms with Gasteiger partial charge < -0.3 is 15.0 Å². The van der Waals surface area contributed by atoms with Crippen molar-refractivity contribution >= 4 is 21.8 Å². The monoisotopic (exact) mass is 437 g/mol. The highest BCUT2D eigenvalue weighted by molar-refractivity contribution is 7.89. The maximum atomic E-state index is 12.7. The molecule has 1 aromatic rings. The number of amides is 2. The van der Waals surface area contributed by atoms with Gasteiger partial charge in [0.25, 0.3) is 5.91 Å². The molecule has 2 amide bonds. The Kier molecular flexibility index (Phi) is 7.49. The van der Waals surface area contributed by atoms with Crippen molar-refractivity contribution in [3.8, 4) is 0 Å². The third-order valence-electron chi connectivity index (χ3n) is 5.97. The summed E-state index contributed by atoms with van der Waals surface area (Å²) in [4.78, 5) is 27.3. The van der Waals surface area contributed by atoms with Crippen LogP contribution >= 0.6 is 0 Å². The van der Waals surface area contributed by atoms with E-state index in [1.165, 1.54) is 16.4 Å². The van der Waals surface area contributed by atoms with Crippen molar-refractivity contribution in [3.05, 3.63) is 29.8 Å². The predicted octanol–water partition coefficient (Wildman–Crippen LogP) is 1.47. The van der Waals surface area contributed by atoms with Gasteiger partial charge in [-0.15, -0.1) is 0 Å². The fraction of sp³-hybridized carbons (Fsp3) is 0.619.